The Morgan fingerprint density at radius 3 is 2.36 bits per heavy atom. The highest BCUT2D eigenvalue weighted by atomic mass is 16.5. The number of amides is 2. The van der Waals surface area contributed by atoms with E-state index in [1.165, 1.54) is 0 Å². The van der Waals surface area contributed by atoms with Crippen LogP contribution in [0.4, 0.5) is 0 Å². The number of carbonyl (C=O) groups is 2. The largest absolute Gasteiger partial charge is 0.497 e. The lowest BCUT2D eigenvalue weighted by molar-refractivity contribution is 0.0637. The van der Waals surface area contributed by atoms with Gasteiger partial charge in [0, 0.05) is 32.7 Å². The molecule has 2 amide bonds. The molecule has 1 aromatic carbocycles. The van der Waals surface area contributed by atoms with Gasteiger partial charge >= 0.3 is 0 Å². The number of pyridine rings is 1. The number of ether oxygens (including phenoxy) is 1. The molecule has 148 valence electrons. The number of methoxy groups -OCH3 is 1. The van der Waals surface area contributed by atoms with Gasteiger partial charge in [-0.05, 0) is 36.4 Å². The number of piperazine rings is 1. The molecule has 7 heteroatoms. The lowest BCUT2D eigenvalue weighted by atomic mass is 10.2. The van der Waals surface area contributed by atoms with Gasteiger partial charge in [-0.25, -0.2) is 4.98 Å². The number of nitrogens with one attached hydrogen (secondary N) is 1. The fourth-order valence-corrected chi connectivity index (χ4v) is 3.13. The maximum absolute atomic E-state index is 12.7. The van der Waals surface area contributed by atoms with Crippen LogP contribution in [0.1, 0.15) is 33.5 Å². The van der Waals surface area contributed by atoms with Crippen molar-refractivity contribution in [2.24, 2.45) is 0 Å². The molecule has 3 rings (SSSR count). The molecule has 1 aliphatic heterocycles. The molecule has 0 atom stereocenters. The van der Waals surface area contributed by atoms with Crippen molar-refractivity contribution in [1.82, 2.24) is 20.1 Å². The van der Waals surface area contributed by atoms with E-state index in [1.807, 2.05) is 24.3 Å². The zero-order chi connectivity index (χ0) is 19.9. The van der Waals surface area contributed by atoms with Crippen molar-refractivity contribution in [3.63, 3.8) is 0 Å². The molecule has 1 fully saturated rings. The van der Waals surface area contributed by atoms with E-state index >= 15 is 0 Å². The summed E-state index contributed by atoms with van der Waals surface area (Å²) in [7, 11) is 1.61. The number of benzene rings is 1. The molecule has 28 heavy (non-hydrogen) atoms. The maximum Gasteiger partial charge on any atom is 0.272 e. The molecule has 0 aliphatic carbocycles. The normalized spacial score (nSPS) is 14.6. The van der Waals surface area contributed by atoms with E-state index in [2.05, 4.69) is 22.1 Å². The van der Waals surface area contributed by atoms with Crippen molar-refractivity contribution >= 4 is 11.8 Å². The van der Waals surface area contributed by atoms with Gasteiger partial charge in [-0.2, -0.15) is 0 Å². The summed E-state index contributed by atoms with van der Waals surface area (Å²) < 4.78 is 5.13. The fraction of sp³-hybridized carbons (Fsp3) is 0.381. The molecule has 0 radical (unpaired) electrons. The van der Waals surface area contributed by atoms with Crippen molar-refractivity contribution in [2.75, 3.05) is 39.8 Å². The topological polar surface area (TPSA) is 74.8 Å². The first-order valence-corrected chi connectivity index (χ1v) is 9.50. The minimum Gasteiger partial charge on any atom is -0.497 e. The van der Waals surface area contributed by atoms with Crippen LogP contribution in [0.2, 0.25) is 0 Å². The standard InChI is InChI=1S/C21H26N4O3/c1-3-24-11-13-25(14-12-24)21(27)19-6-4-5-18(23-19)20(26)22-15-16-7-9-17(28-2)10-8-16/h4-10H,3,11-15H2,1-2H3,(H,22,26). The first-order chi connectivity index (χ1) is 13.6. The predicted octanol–water partition coefficient (Wildman–Crippen LogP) is 1.80. The fourth-order valence-electron chi connectivity index (χ4n) is 3.13. The van der Waals surface area contributed by atoms with Crippen LogP contribution < -0.4 is 10.1 Å². The van der Waals surface area contributed by atoms with E-state index in [0.717, 1.165) is 30.9 Å². The van der Waals surface area contributed by atoms with E-state index in [-0.39, 0.29) is 17.5 Å². The Kier molecular flexibility index (Phi) is 6.60. The van der Waals surface area contributed by atoms with E-state index in [9.17, 15) is 9.59 Å². The van der Waals surface area contributed by atoms with Crippen LogP contribution in [0.15, 0.2) is 42.5 Å². The number of likely N-dealkylation sites (N-methyl/N-ethyl adjacent to an activating group) is 1. The molecule has 7 nitrogen and oxygen atoms in total. The summed E-state index contributed by atoms with van der Waals surface area (Å²) in [6.07, 6.45) is 0. The van der Waals surface area contributed by atoms with Gasteiger partial charge in [-0.15, -0.1) is 0 Å². The number of carbonyl (C=O) groups excluding carboxylic acids is 2. The molecule has 2 heterocycles. The minimum atomic E-state index is -0.304. The van der Waals surface area contributed by atoms with Gasteiger partial charge in [0.15, 0.2) is 0 Å². The summed E-state index contributed by atoms with van der Waals surface area (Å²) in [5.41, 5.74) is 1.50. The third kappa shape index (κ3) is 4.86. The monoisotopic (exact) mass is 382 g/mol. The summed E-state index contributed by atoms with van der Waals surface area (Å²) in [6.45, 7) is 6.58. The molecule has 0 saturated carbocycles. The minimum absolute atomic E-state index is 0.124. The Morgan fingerprint density at radius 2 is 1.71 bits per heavy atom. The van der Waals surface area contributed by atoms with Gasteiger partial charge in [-0.1, -0.05) is 25.1 Å². The lowest BCUT2D eigenvalue weighted by Gasteiger charge is -2.33. The van der Waals surface area contributed by atoms with Crippen molar-refractivity contribution < 1.29 is 14.3 Å². The second-order valence-electron chi connectivity index (χ2n) is 6.67. The zero-order valence-corrected chi connectivity index (χ0v) is 16.4. The van der Waals surface area contributed by atoms with E-state index in [1.54, 1.807) is 30.2 Å². The number of nitrogens with zero attached hydrogens (tertiary/aromatic N) is 3. The van der Waals surface area contributed by atoms with E-state index < -0.39 is 0 Å². The molecule has 0 spiro atoms. The summed E-state index contributed by atoms with van der Waals surface area (Å²) in [5.74, 6) is 0.338. The summed E-state index contributed by atoms with van der Waals surface area (Å²) in [4.78, 5) is 33.5. The Labute approximate surface area is 165 Å². The van der Waals surface area contributed by atoms with Crippen LogP contribution in [0.5, 0.6) is 5.75 Å². The molecule has 1 N–H and O–H groups in total. The molecule has 0 bridgehead atoms. The summed E-state index contributed by atoms with van der Waals surface area (Å²) >= 11 is 0. The van der Waals surface area contributed by atoms with Gasteiger partial charge < -0.3 is 19.9 Å². The molecular formula is C21H26N4O3. The number of hydrogen-bond donors (Lipinski definition) is 1. The average molecular weight is 382 g/mol. The van der Waals surface area contributed by atoms with E-state index in [0.29, 0.717) is 25.3 Å². The highest BCUT2D eigenvalue weighted by Gasteiger charge is 2.22. The zero-order valence-electron chi connectivity index (χ0n) is 16.4. The second-order valence-corrected chi connectivity index (χ2v) is 6.67. The Morgan fingerprint density at radius 1 is 1.04 bits per heavy atom. The number of hydrogen-bond acceptors (Lipinski definition) is 5. The third-order valence-corrected chi connectivity index (χ3v) is 4.92. The molecule has 0 unspecified atom stereocenters. The van der Waals surface area contributed by atoms with Crippen LogP contribution in [-0.4, -0.2) is 66.4 Å². The van der Waals surface area contributed by atoms with Crippen LogP contribution in [0.3, 0.4) is 0 Å². The molecule has 1 saturated heterocycles. The highest BCUT2D eigenvalue weighted by Crippen LogP contribution is 2.12. The van der Waals surface area contributed by atoms with Gasteiger partial charge in [-0.3, -0.25) is 9.59 Å². The first kappa shape index (κ1) is 19.8. The maximum atomic E-state index is 12.7. The molecule has 1 aliphatic rings. The van der Waals surface area contributed by atoms with Gasteiger partial charge in [0.1, 0.15) is 17.1 Å². The number of rotatable bonds is 6. The lowest BCUT2D eigenvalue weighted by Crippen LogP contribution is -2.48. The quantitative estimate of drug-likeness (QED) is 0.825. The van der Waals surface area contributed by atoms with Crippen LogP contribution in [0.25, 0.3) is 0 Å². The predicted molar refractivity (Wildman–Crippen MR) is 106 cm³/mol. The van der Waals surface area contributed by atoms with Crippen molar-refractivity contribution in [3.8, 4) is 5.75 Å². The second kappa shape index (κ2) is 9.32. The van der Waals surface area contributed by atoms with Gasteiger partial charge in [0.2, 0.25) is 0 Å². The Balaban J connectivity index is 1.60. The van der Waals surface area contributed by atoms with Crippen LogP contribution in [0, 0.1) is 0 Å². The Hall–Kier alpha value is -2.93. The summed E-state index contributed by atoms with van der Waals surface area (Å²) in [6, 6.07) is 12.5. The molecule has 1 aromatic heterocycles. The van der Waals surface area contributed by atoms with Crippen molar-refractivity contribution in [1.29, 1.82) is 0 Å². The van der Waals surface area contributed by atoms with Crippen molar-refractivity contribution in [3.05, 3.63) is 59.4 Å². The number of aromatic nitrogens is 1. The Bertz CT molecular complexity index is 815. The summed E-state index contributed by atoms with van der Waals surface area (Å²) in [5, 5.41) is 2.84. The van der Waals surface area contributed by atoms with Gasteiger partial charge in [0.05, 0.1) is 7.11 Å². The van der Waals surface area contributed by atoms with Gasteiger partial charge in [0.25, 0.3) is 11.8 Å². The molecule has 2 aromatic rings. The van der Waals surface area contributed by atoms with E-state index in [4.69, 9.17) is 4.74 Å². The highest BCUT2D eigenvalue weighted by molar-refractivity contribution is 5.96. The molecular weight excluding hydrogens is 356 g/mol. The van der Waals surface area contributed by atoms with Crippen LogP contribution >= 0.6 is 0 Å². The third-order valence-electron chi connectivity index (χ3n) is 4.92. The SMILES string of the molecule is CCN1CCN(C(=O)c2cccc(C(=O)NCc3ccc(OC)cc3)n2)CC1. The average Bonchev–Trinajstić information content (AvgIpc) is 2.77. The van der Waals surface area contributed by atoms with Crippen molar-refractivity contribution in [2.45, 2.75) is 13.5 Å². The first-order valence-electron chi connectivity index (χ1n) is 9.50. The van der Waals surface area contributed by atoms with Crippen LogP contribution in [-0.2, 0) is 6.54 Å². The smallest absolute Gasteiger partial charge is 0.272 e.